The Kier molecular flexibility index (Phi) is 3.28. The fourth-order valence-corrected chi connectivity index (χ4v) is 1.93. The van der Waals surface area contributed by atoms with E-state index in [4.69, 9.17) is 4.74 Å². The number of piperidine rings is 1. The summed E-state index contributed by atoms with van der Waals surface area (Å²) >= 11 is 0. The number of aromatic nitrogens is 2. The van der Waals surface area contributed by atoms with Crippen LogP contribution in [0.15, 0.2) is 6.20 Å². The van der Waals surface area contributed by atoms with Crippen molar-refractivity contribution in [3.8, 4) is 5.88 Å². The van der Waals surface area contributed by atoms with Gasteiger partial charge in [-0.1, -0.05) is 6.92 Å². The van der Waals surface area contributed by atoms with E-state index in [2.05, 4.69) is 17.3 Å². The molecule has 94 valence electrons. The van der Waals surface area contributed by atoms with Crippen molar-refractivity contribution in [3.05, 3.63) is 16.3 Å². The molecule has 1 aromatic heterocycles. The molecule has 1 N–H and O–H groups in total. The number of aryl methyl sites for hydroxylation is 1. The van der Waals surface area contributed by atoms with E-state index in [1.807, 2.05) is 0 Å². The van der Waals surface area contributed by atoms with Gasteiger partial charge in [0.25, 0.3) is 0 Å². The Labute approximate surface area is 98.9 Å². The smallest absolute Gasteiger partial charge is 0.350 e. The lowest BCUT2D eigenvalue weighted by molar-refractivity contribution is -0.386. The highest BCUT2D eigenvalue weighted by molar-refractivity contribution is 5.38. The van der Waals surface area contributed by atoms with E-state index in [1.165, 1.54) is 10.9 Å². The Morgan fingerprint density at radius 3 is 3.12 bits per heavy atom. The minimum Gasteiger partial charge on any atom is -0.467 e. The predicted molar refractivity (Wildman–Crippen MR) is 60.9 cm³/mol. The van der Waals surface area contributed by atoms with Gasteiger partial charge in [-0.05, 0) is 18.9 Å². The molecule has 2 rings (SSSR count). The van der Waals surface area contributed by atoms with Gasteiger partial charge in [0.05, 0.1) is 4.92 Å². The second kappa shape index (κ2) is 4.70. The summed E-state index contributed by atoms with van der Waals surface area (Å²) < 4.78 is 7.04. The number of nitrogens with one attached hydrogen (secondary N) is 1. The van der Waals surface area contributed by atoms with Crippen molar-refractivity contribution in [3.63, 3.8) is 0 Å². The number of rotatable bonds is 3. The van der Waals surface area contributed by atoms with E-state index in [-0.39, 0.29) is 17.7 Å². The normalized spacial score (nSPS) is 24.6. The average molecular weight is 240 g/mol. The van der Waals surface area contributed by atoms with Crippen LogP contribution in [0.2, 0.25) is 0 Å². The van der Waals surface area contributed by atoms with Gasteiger partial charge in [0.1, 0.15) is 12.3 Å². The van der Waals surface area contributed by atoms with E-state index in [1.54, 1.807) is 7.05 Å². The minimum absolute atomic E-state index is 0.0580. The lowest BCUT2D eigenvalue weighted by Gasteiger charge is -2.28. The second-order valence-electron chi connectivity index (χ2n) is 4.38. The highest BCUT2D eigenvalue weighted by atomic mass is 16.6. The van der Waals surface area contributed by atoms with Gasteiger partial charge in [-0.25, -0.2) is 0 Å². The molecule has 0 aliphatic carbocycles. The van der Waals surface area contributed by atoms with Crippen LogP contribution in [-0.2, 0) is 7.05 Å². The van der Waals surface area contributed by atoms with Gasteiger partial charge in [-0.2, -0.15) is 0 Å². The van der Waals surface area contributed by atoms with Crippen molar-refractivity contribution in [2.45, 2.75) is 19.4 Å². The molecule has 0 radical (unpaired) electrons. The van der Waals surface area contributed by atoms with Crippen LogP contribution < -0.4 is 10.1 Å². The van der Waals surface area contributed by atoms with Crippen LogP contribution in [0.4, 0.5) is 5.69 Å². The molecule has 0 bridgehead atoms. The third kappa shape index (κ3) is 2.55. The molecule has 0 spiro atoms. The second-order valence-corrected chi connectivity index (χ2v) is 4.38. The van der Waals surface area contributed by atoms with Crippen molar-refractivity contribution in [1.82, 2.24) is 15.1 Å². The lowest BCUT2D eigenvalue weighted by atomic mass is 9.97. The van der Waals surface area contributed by atoms with Crippen molar-refractivity contribution in [1.29, 1.82) is 0 Å². The molecular weight excluding hydrogens is 224 g/mol. The van der Waals surface area contributed by atoms with E-state index in [9.17, 15) is 10.1 Å². The Morgan fingerprint density at radius 2 is 2.47 bits per heavy atom. The van der Waals surface area contributed by atoms with Gasteiger partial charge >= 0.3 is 11.6 Å². The highest BCUT2D eigenvalue weighted by Gasteiger charge is 2.28. The zero-order valence-electron chi connectivity index (χ0n) is 9.92. The summed E-state index contributed by atoms with van der Waals surface area (Å²) in [6.07, 6.45) is 2.30. The fraction of sp³-hybridized carbons (Fsp3) is 0.700. The first kappa shape index (κ1) is 11.8. The molecule has 7 nitrogen and oxygen atoms in total. The van der Waals surface area contributed by atoms with Crippen LogP contribution >= 0.6 is 0 Å². The van der Waals surface area contributed by atoms with E-state index in [0.29, 0.717) is 12.5 Å². The maximum Gasteiger partial charge on any atom is 0.350 e. The molecule has 2 unspecified atom stereocenters. The first-order chi connectivity index (χ1) is 8.08. The van der Waals surface area contributed by atoms with Gasteiger partial charge in [0.2, 0.25) is 0 Å². The monoisotopic (exact) mass is 240 g/mol. The summed E-state index contributed by atoms with van der Waals surface area (Å²) in [5.74, 6) is 0.482. The van der Waals surface area contributed by atoms with Crippen molar-refractivity contribution in [2.75, 3.05) is 13.1 Å². The molecule has 2 atom stereocenters. The van der Waals surface area contributed by atoms with E-state index >= 15 is 0 Å². The van der Waals surface area contributed by atoms with Gasteiger partial charge in [0.15, 0.2) is 0 Å². The third-order valence-corrected chi connectivity index (χ3v) is 2.99. The Hall–Kier alpha value is -1.63. The first-order valence-electron chi connectivity index (χ1n) is 5.63. The van der Waals surface area contributed by atoms with Gasteiger partial charge in [-0.3, -0.25) is 14.8 Å². The van der Waals surface area contributed by atoms with Crippen LogP contribution in [0, 0.1) is 16.0 Å². The minimum atomic E-state index is -0.469. The topological polar surface area (TPSA) is 82.2 Å². The van der Waals surface area contributed by atoms with Crippen molar-refractivity contribution >= 4 is 5.69 Å². The van der Waals surface area contributed by atoms with Crippen LogP contribution in [0.1, 0.15) is 13.3 Å². The van der Waals surface area contributed by atoms with Gasteiger partial charge in [0, 0.05) is 13.6 Å². The maximum atomic E-state index is 10.8. The standard InChI is InChI=1S/C10H16N4O3/c1-7-3-4-11-5-9(7)17-10-8(14(15)16)6-13(2)12-10/h6-7,9,11H,3-5H2,1-2H3. The molecule has 7 heteroatoms. The SMILES string of the molecule is CC1CCNCC1Oc1nn(C)cc1[N+](=O)[O-]. The van der Waals surface area contributed by atoms with E-state index < -0.39 is 4.92 Å². The number of hydrogen-bond donors (Lipinski definition) is 1. The number of hydrogen-bond acceptors (Lipinski definition) is 5. The van der Waals surface area contributed by atoms with Gasteiger partial charge in [-0.15, -0.1) is 5.10 Å². The molecule has 0 saturated carbocycles. The maximum absolute atomic E-state index is 10.8. The summed E-state index contributed by atoms with van der Waals surface area (Å²) in [7, 11) is 1.64. The van der Waals surface area contributed by atoms with E-state index in [0.717, 1.165) is 13.0 Å². The molecule has 17 heavy (non-hydrogen) atoms. The predicted octanol–water partition coefficient (Wildman–Crippen LogP) is 0.705. The summed E-state index contributed by atoms with van der Waals surface area (Å²) in [4.78, 5) is 10.3. The highest BCUT2D eigenvalue weighted by Crippen LogP contribution is 2.27. The fourth-order valence-electron chi connectivity index (χ4n) is 1.93. The zero-order valence-corrected chi connectivity index (χ0v) is 9.92. The molecule has 1 fully saturated rings. The van der Waals surface area contributed by atoms with Crippen LogP contribution in [0.3, 0.4) is 0 Å². The molecule has 0 amide bonds. The van der Waals surface area contributed by atoms with Gasteiger partial charge < -0.3 is 10.1 Å². The first-order valence-corrected chi connectivity index (χ1v) is 5.63. The summed E-state index contributed by atoms with van der Waals surface area (Å²) in [6.45, 7) is 3.75. The molecule has 0 aromatic carbocycles. The van der Waals surface area contributed by atoms with Crippen LogP contribution in [0.5, 0.6) is 5.88 Å². The number of nitro groups is 1. The zero-order chi connectivity index (χ0) is 12.4. The van der Waals surface area contributed by atoms with Crippen LogP contribution in [0.25, 0.3) is 0 Å². The summed E-state index contributed by atoms with van der Waals surface area (Å²) in [5.41, 5.74) is -0.0785. The Morgan fingerprint density at radius 1 is 1.71 bits per heavy atom. The molecule has 1 saturated heterocycles. The van der Waals surface area contributed by atoms with Crippen LogP contribution in [-0.4, -0.2) is 33.9 Å². The lowest BCUT2D eigenvalue weighted by Crippen LogP contribution is -2.43. The third-order valence-electron chi connectivity index (χ3n) is 2.99. The average Bonchev–Trinajstić information content (AvgIpc) is 2.63. The number of nitrogens with zero attached hydrogens (tertiary/aromatic N) is 3. The largest absolute Gasteiger partial charge is 0.467 e. The molecule has 1 aliphatic heterocycles. The quantitative estimate of drug-likeness (QED) is 0.621. The molecular formula is C10H16N4O3. The summed E-state index contributed by atoms with van der Waals surface area (Å²) in [6, 6.07) is 0. The summed E-state index contributed by atoms with van der Waals surface area (Å²) in [5, 5.41) is 18.0. The van der Waals surface area contributed by atoms with Crippen molar-refractivity contribution in [2.24, 2.45) is 13.0 Å². The molecule has 1 aliphatic rings. The van der Waals surface area contributed by atoms with Crippen molar-refractivity contribution < 1.29 is 9.66 Å². The Bertz CT molecular complexity index is 418. The molecule has 2 heterocycles. The molecule has 1 aromatic rings. The number of ether oxygens (including phenoxy) is 1. The Balaban J connectivity index is 2.14.